The predicted molar refractivity (Wildman–Crippen MR) is 71.9 cm³/mol. The molecule has 4 N–H and O–H groups in total. The summed E-state index contributed by atoms with van der Waals surface area (Å²) >= 11 is 0. The fraction of sp³-hybridized carbons (Fsp3) is 0.667. The number of amides is 3. The molecule has 0 saturated heterocycles. The molecule has 0 saturated carbocycles. The molecule has 0 rings (SSSR count). The van der Waals surface area contributed by atoms with E-state index < -0.39 is 26.8 Å². The molecule has 7 nitrogen and oxygen atoms in total. The number of hydrogen-bond donors (Lipinski definition) is 1. The molecule has 0 bridgehead atoms. The molecule has 0 aromatic carbocycles. The van der Waals surface area contributed by atoms with Crippen LogP contribution >= 0.6 is 0 Å². The summed E-state index contributed by atoms with van der Waals surface area (Å²) in [6.45, 7) is 6.25. The fourth-order valence-corrected chi connectivity index (χ4v) is 2.25. The van der Waals surface area contributed by atoms with Crippen LogP contribution in [0.2, 0.25) is 18.1 Å². The third kappa shape index (κ3) is 85.8. The van der Waals surface area contributed by atoms with E-state index in [2.05, 4.69) is 20.8 Å². The third-order valence-electron chi connectivity index (χ3n) is 1.97. The molecular weight excluding hydrogens is 365 g/mol. The average Bonchev–Trinajstić information content (AvgIpc) is 2.26. The van der Waals surface area contributed by atoms with Crippen molar-refractivity contribution in [2.24, 2.45) is 0 Å². The van der Waals surface area contributed by atoms with Gasteiger partial charge in [0, 0.05) is 19.5 Å². The van der Waals surface area contributed by atoms with Crippen molar-refractivity contribution in [3.05, 3.63) is 17.2 Å². The molecule has 0 atom stereocenters. The van der Waals surface area contributed by atoms with Gasteiger partial charge in [-0.1, -0.05) is 20.8 Å². The van der Waals surface area contributed by atoms with Crippen LogP contribution in [-0.4, -0.2) is 31.6 Å². The predicted octanol–water partition coefficient (Wildman–Crippen LogP) is 5.37. The second-order valence-electron chi connectivity index (χ2n) is 3.11. The van der Waals surface area contributed by atoms with Gasteiger partial charge in [-0.25, -0.2) is 0 Å². The number of rotatable bonds is 3. The summed E-state index contributed by atoms with van der Waals surface area (Å²) in [5.74, 6) is 0. The minimum absolute atomic E-state index is 0. The number of hydrogen-bond acceptors (Lipinski definition) is 4. The second kappa shape index (κ2) is 21.3. The van der Waals surface area contributed by atoms with Gasteiger partial charge in [0.15, 0.2) is 8.32 Å². The standard InChI is InChI=1S/C6H16OSi.3CH2FNO.Zn/c1-4-8(7,5-2)6-3;3*2-1(3)4;/h7H,4-6H2,1-3H3;3*(H2,3,4);/p-3. The van der Waals surface area contributed by atoms with Gasteiger partial charge in [0.1, 0.15) is 0 Å². The summed E-state index contributed by atoms with van der Waals surface area (Å²) in [7, 11) is -1.67. The van der Waals surface area contributed by atoms with Gasteiger partial charge in [-0.05, 0) is 18.1 Å². The Bertz CT molecular complexity index is 236. The van der Waals surface area contributed by atoms with Crippen LogP contribution in [0, 0.1) is 0 Å². The molecule has 0 aromatic heterocycles. The normalized spacial score (nSPS) is 8.14. The largest absolute Gasteiger partial charge is 0.638 e. The molecule has 0 heterocycles. The molecule has 124 valence electrons. The second-order valence-corrected chi connectivity index (χ2v) is 7.68. The van der Waals surface area contributed by atoms with Gasteiger partial charge < -0.3 is 22.0 Å². The van der Waals surface area contributed by atoms with Crippen molar-refractivity contribution in [1.82, 2.24) is 0 Å². The van der Waals surface area contributed by atoms with Gasteiger partial charge >= 0.3 is 0 Å². The van der Waals surface area contributed by atoms with Crippen molar-refractivity contribution in [1.29, 1.82) is 0 Å². The summed E-state index contributed by atoms with van der Waals surface area (Å²) in [6.07, 6.45) is -6.25. The van der Waals surface area contributed by atoms with E-state index in [1.165, 1.54) is 0 Å². The molecule has 0 fully saturated rings. The van der Waals surface area contributed by atoms with Gasteiger partial charge in [-0.3, -0.25) is 14.4 Å². The Morgan fingerprint density at radius 3 is 0.905 bits per heavy atom. The van der Waals surface area contributed by atoms with Gasteiger partial charge in [-0.15, -0.1) is 0 Å². The molecule has 0 aromatic rings. The maximum Gasteiger partial charge on any atom is 0.226 e. The summed E-state index contributed by atoms with van der Waals surface area (Å²) in [6, 6.07) is 3.04. The van der Waals surface area contributed by atoms with Crippen LogP contribution in [0.25, 0.3) is 17.2 Å². The van der Waals surface area contributed by atoms with Gasteiger partial charge in [0.05, 0.1) is 0 Å². The molecular formula is C9H19F3N3O4SiZn-3. The van der Waals surface area contributed by atoms with Crippen molar-refractivity contribution in [2.45, 2.75) is 38.9 Å². The van der Waals surface area contributed by atoms with E-state index in [0.29, 0.717) is 0 Å². The van der Waals surface area contributed by atoms with E-state index in [1.54, 1.807) is 0 Å². The number of carbonyl (C=O) groups excluding carboxylic acids is 3. The number of carbonyl (C=O) groups is 3. The zero-order chi connectivity index (χ0) is 17.4. The summed E-state index contributed by atoms with van der Waals surface area (Å²) < 4.78 is 30.1. The first-order valence-corrected chi connectivity index (χ1v) is 7.90. The Morgan fingerprint density at radius 2 is 0.905 bits per heavy atom. The molecule has 0 aliphatic heterocycles. The van der Waals surface area contributed by atoms with Crippen LogP contribution in [0.5, 0.6) is 0 Å². The molecule has 3 amide bonds. The van der Waals surface area contributed by atoms with E-state index in [1.807, 2.05) is 0 Å². The van der Waals surface area contributed by atoms with Crippen LogP contribution in [0.15, 0.2) is 0 Å². The van der Waals surface area contributed by atoms with Crippen LogP contribution in [-0.2, 0) is 19.5 Å². The van der Waals surface area contributed by atoms with Crippen LogP contribution in [0.1, 0.15) is 20.8 Å². The van der Waals surface area contributed by atoms with Crippen molar-refractivity contribution < 1.29 is 51.8 Å². The molecule has 0 radical (unpaired) electrons. The first kappa shape index (κ1) is 32.1. The monoisotopic (exact) mass is 382 g/mol. The smallest absolute Gasteiger partial charge is 0.226 e. The average molecular weight is 384 g/mol. The van der Waals surface area contributed by atoms with E-state index in [9.17, 15) is 18.0 Å². The van der Waals surface area contributed by atoms with Gasteiger partial charge in [0.25, 0.3) is 0 Å². The number of halogens is 3. The Kier molecular flexibility index (Phi) is 32.5. The molecule has 0 unspecified atom stereocenters. The molecule has 12 heteroatoms. The van der Waals surface area contributed by atoms with E-state index >= 15 is 0 Å². The number of nitrogens with one attached hydrogen (secondary N) is 3. The maximum absolute atomic E-state index is 10.0. The molecule has 0 aliphatic carbocycles. The van der Waals surface area contributed by atoms with Gasteiger partial charge in [0.2, 0.25) is 18.5 Å². The SMILES string of the molecule is CC[Si](O)(CC)CC.[NH-]C(=O)F.[NH-]C(=O)F.[NH-]C(=O)F.[Zn]. The minimum Gasteiger partial charge on any atom is -0.638 e. The Balaban J connectivity index is -0.0000000570. The topological polar surface area (TPSA) is 143 Å². The first-order chi connectivity index (χ1) is 8.88. The van der Waals surface area contributed by atoms with E-state index in [-0.39, 0.29) is 19.5 Å². The Hall–Kier alpha value is -1.000. The summed E-state index contributed by atoms with van der Waals surface area (Å²) in [5, 5.41) is 0. The molecule has 21 heavy (non-hydrogen) atoms. The molecule has 0 spiro atoms. The van der Waals surface area contributed by atoms with Crippen LogP contribution in [0.3, 0.4) is 0 Å². The summed E-state index contributed by atoms with van der Waals surface area (Å²) in [4.78, 5) is 34.9. The molecule has 0 aliphatic rings. The van der Waals surface area contributed by atoms with Crippen molar-refractivity contribution in [3.63, 3.8) is 0 Å². The first-order valence-electron chi connectivity index (χ1n) is 5.33. The minimum atomic E-state index is -2.08. The maximum atomic E-state index is 10.0. The summed E-state index contributed by atoms with van der Waals surface area (Å²) in [5.41, 5.74) is 15.8. The zero-order valence-corrected chi connectivity index (χ0v) is 16.1. The van der Waals surface area contributed by atoms with Crippen LogP contribution < -0.4 is 0 Å². The van der Waals surface area contributed by atoms with Crippen molar-refractivity contribution >= 4 is 26.8 Å². The quantitative estimate of drug-likeness (QED) is 0.397. The Labute approximate surface area is 135 Å². The zero-order valence-electron chi connectivity index (χ0n) is 12.1. The fourth-order valence-electron chi connectivity index (χ4n) is 0.750. The van der Waals surface area contributed by atoms with E-state index in [0.717, 1.165) is 18.1 Å². The van der Waals surface area contributed by atoms with Crippen molar-refractivity contribution in [2.75, 3.05) is 0 Å². The third-order valence-corrected chi connectivity index (χ3v) is 5.92. The van der Waals surface area contributed by atoms with Crippen molar-refractivity contribution in [3.8, 4) is 0 Å². The Morgan fingerprint density at radius 1 is 0.810 bits per heavy atom. The van der Waals surface area contributed by atoms with Gasteiger partial charge in [-0.2, -0.15) is 13.2 Å². The van der Waals surface area contributed by atoms with Crippen LogP contribution in [0.4, 0.5) is 27.6 Å². The van der Waals surface area contributed by atoms with E-state index in [4.69, 9.17) is 31.6 Å².